The molecule has 1 aliphatic carbocycles. The Morgan fingerprint density at radius 3 is 2.48 bits per heavy atom. The second-order valence-electron chi connectivity index (χ2n) is 17.5. The molecule has 9 rings (SSSR count). The van der Waals surface area contributed by atoms with Crippen LogP contribution in [0.5, 0.6) is 5.75 Å². The van der Waals surface area contributed by atoms with Gasteiger partial charge in [-0.2, -0.15) is 13.8 Å². The predicted molar refractivity (Wildman–Crippen MR) is 230 cm³/mol. The van der Waals surface area contributed by atoms with Gasteiger partial charge in [0.1, 0.15) is 23.3 Å². The minimum atomic E-state index is -3.65. The molecule has 2 atom stereocenters. The summed E-state index contributed by atoms with van der Waals surface area (Å²) in [5.74, 6) is -7.46. The van der Waals surface area contributed by atoms with Gasteiger partial charge in [-0.25, -0.2) is 9.37 Å². The maximum atomic E-state index is 15.7. The topological polar surface area (TPSA) is 193 Å². The summed E-state index contributed by atoms with van der Waals surface area (Å²) in [6.07, 6.45) is 5.29. The number of imide groups is 1. The van der Waals surface area contributed by atoms with Crippen LogP contribution in [0.3, 0.4) is 0 Å². The van der Waals surface area contributed by atoms with Crippen molar-refractivity contribution in [3.05, 3.63) is 59.0 Å². The third-order valence-corrected chi connectivity index (χ3v) is 13.4. The minimum absolute atomic E-state index is 0.0512. The molecule has 1 saturated carbocycles. The van der Waals surface area contributed by atoms with Crippen LogP contribution in [0.4, 0.5) is 42.0 Å². The average Bonchev–Trinajstić information content (AvgIpc) is 4.06. The molecule has 65 heavy (non-hydrogen) atoms. The van der Waals surface area contributed by atoms with E-state index in [1.807, 2.05) is 12.1 Å². The molecule has 1 unspecified atom stereocenters. The number of hydrogen-bond acceptors (Lipinski definition) is 13. The van der Waals surface area contributed by atoms with Gasteiger partial charge in [0.05, 0.1) is 37.6 Å². The number of benzene rings is 2. The Kier molecular flexibility index (Phi) is 11.7. The molecule has 344 valence electrons. The average molecular weight is 902 g/mol. The smallest absolute Gasteiger partial charge is 0.342 e. The van der Waals surface area contributed by atoms with E-state index in [2.05, 4.69) is 35.7 Å². The first kappa shape index (κ1) is 43.7. The normalized spacial score (nSPS) is 22.5. The standard InChI is InChI=1S/C44H50F3N11O7/c1-53-34-20-48-43(52-38(34)58(27-5-3-4-6-27)24-44(46,47)42(53)64)50-32-19-31(45)30(18-35(32)65-2)39(61)49-26-11-12-56(22-26)37(60)23-54-13-15-55(16-14-54)28-7-8-29-25(17-28)21-57(41(29)63)33-9-10-36(59)51-40(33)62/h7-8,17-20,26-27,33H,3-6,9-16,21-24H2,1-2H3,(H,49,61)(H,48,50,52)(H,51,59,62)/t26-,33?/m0/s1. The number of likely N-dealkylation sites (tertiary alicyclic amines) is 1. The molecular formula is C44H50F3N11O7. The highest BCUT2D eigenvalue weighted by Crippen LogP contribution is 2.40. The summed E-state index contributed by atoms with van der Waals surface area (Å²) in [5, 5.41) is 8.08. The van der Waals surface area contributed by atoms with Gasteiger partial charge in [0, 0.05) is 88.7 Å². The van der Waals surface area contributed by atoms with E-state index in [-0.39, 0.29) is 77.7 Å². The van der Waals surface area contributed by atoms with Crippen molar-refractivity contribution in [3.63, 3.8) is 0 Å². The van der Waals surface area contributed by atoms with Crippen molar-refractivity contribution in [2.45, 2.75) is 75.5 Å². The molecule has 21 heteroatoms. The van der Waals surface area contributed by atoms with E-state index in [4.69, 9.17) is 4.74 Å². The number of carbonyl (C=O) groups is 6. The first-order valence-electron chi connectivity index (χ1n) is 21.9. The molecular weight excluding hydrogens is 852 g/mol. The molecule has 0 bridgehead atoms. The lowest BCUT2D eigenvalue weighted by Gasteiger charge is -2.36. The third kappa shape index (κ3) is 8.60. The first-order valence-corrected chi connectivity index (χ1v) is 21.9. The molecule has 6 heterocycles. The second-order valence-corrected chi connectivity index (χ2v) is 17.5. The van der Waals surface area contributed by atoms with Crippen molar-refractivity contribution in [2.75, 3.05) is 86.5 Å². The van der Waals surface area contributed by atoms with E-state index < -0.39 is 48.1 Å². The van der Waals surface area contributed by atoms with Crippen molar-refractivity contribution in [1.82, 2.24) is 35.3 Å². The number of rotatable bonds is 10. The zero-order valence-corrected chi connectivity index (χ0v) is 36.1. The number of hydrogen-bond donors (Lipinski definition) is 3. The molecule has 1 aromatic heterocycles. The van der Waals surface area contributed by atoms with Gasteiger partial charge in [-0.1, -0.05) is 12.8 Å². The molecule has 3 aromatic rings. The van der Waals surface area contributed by atoms with Crippen molar-refractivity contribution < 1.29 is 46.7 Å². The van der Waals surface area contributed by atoms with Crippen molar-refractivity contribution in [2.24, 2.45) is 0 Å². The van der Waals surface area contributed by atoms with Crippen LogP contribution in [0.2, 0.25) is 0 Å². The number of aromatic nitrogens is 2. The van der Waals surface area contributed by atoms with Gasteiger partial charge in [0.25, 0.3) is 17.7 Å². The lowest BCUT2D eigenvalue weighted by molar-refractivity contribution is -0.140. The molecule has 3 saturated heterocycles. The highest BCUT2D eigenvalue weighted by Gasteiger charge is 2.49. The Morgan fingerprint density at radius 2 is 1.74 bits per heavy atom. The van der Waals surface area contributed by atoms with E-state index >= 15 is 13.2 Å². The fourth-order valence-electron chi connectivity index (χ4n) is 9.80. The van der Waals surface area contributed by atoms with Gasteiger partial charge in [-0.15, -0.1) is 0 Å². The van der Waals surface area contributed by atoms with Crippen LogP contribution < -0.4 is 35.4 Å². The Morgan fingerprint density at radius 1 is 0.969 bits per heavy atom. The highest BCUT2D eigenvalue weighted by atomic mass is 19.3. The number of amides is 6. The van der Waals surface area contributed by atoms with E-state index in [0.717, 1.165) is 35.1 Å². The SMILES string of the molecule is COc1cc(C(=O)N[C@H]2CCN(C(=O)CN3CCN(c4ccc5c(c4)CN(C4CCC(=O)NC4=O)C5=O)CC3)C2)c(F)cc1Nc1ncc2c(n1)N(C1CCCC1)CC(F)(F)C(=O)N2C. The minimum Gasteiger partial charge on any atom is -0.495 e. The van der Waals surface area contributed by atoms with E-state index in [0.29, 0.717) is 70.5 Å². The van der Waals surface area contributed by atoms with E-state index in [1.165, 1.54) is 36.2 Å². The largest absolute Gasteiger partial charge is 0.495 e. The number of nitrogens with zero attached hydrogens (tertiary/aromatic N) is 8. The van der Waals surface area contributed by atoms with Crippen LogP contribution in [0.25, 0.3) is 0 Å². The molecule has 3 N–H and O–H groups in total. The van der Waals surface area contributed by atoms with Crippen LogP contribution in [0.15, 0.2) is 36.5 Å². The van der Waals surface area contributed by atoms with Crippen molar-refractivity contribution in [1.29, 1.82) is 0 Å². The summed E-state index contributed by atoms with van der Waals surface area (Å²) < 4.78 is 51.3. The number of anilines is 5. The summed E-state index contributed by atoms with van der Waals surface area (Å²) in [5.41, 5.74) is 2.24. The van der Waals surface area contributed by atoms with Gasteiger partial charge in [0.15, 0.2) is 5.82 Å². The zero-order chi connectivity index (χ0) is 45.7. The molecule has 4 fully saturated rings. The van der Waals surface area contributed by atoms with Gasteiger partial charge >= 0.3 is 5.92 Å². The molecule has 0 radical (unpaired) electrons. The van der Waals surface area contributed by atoms with Crippen LogP contribution in [0, 0.1) is 5.82 Å². The number of ether oxygens (including phenoxy) is 1. The fraction of sp³-hybridized carbons (Fsp3) is 0.500. The lowest BCUT2D eigenvalue weighted by atomic mass is 10.0. The van der Waals surface area contributed by atoms with E-state index in [9.17, 15) is 28.8 Å². The number of piperidine rings is 1. The van der Waals surface area contributed by atoms with Gasteiger partial charge in [-0.3, -0.25) is 39.0 Å². The lowest BCUT2D eigenvalue weighted by Crippen LogP contribution is -2.52. The number of carbonyl (C=O) groups excluding carboxylic acids is 6. The predicted octanol–water partition coefficient (Wildman–Crippen LogP) is 2.64. The first-order chi connectivity index (χ1) is 31.2. The molecule has 6 aliphatic rings. The molecule has 2 aromatic carbocycles. The van der Waals surface area contributed by atoms with Crippen molar-refractivity contribution in [3.8, 4) is 5.75 Å². The van der Waals surface area contributed by atoms with Crippen LogP contribution in [-0.2, 0) is 25.7 Å². The van der Waals surface area contributed by atoms with Gasteiger partial charge < -0.3 is 39.9 Å². The number of piperazine rings is 1. The van der Waals surface area contributed by atoms with Crippen molar-refractivity contribution >= 4 is 64.3 Å². The fourth-order valence-corrected chi connectivity index (χ4v) is 9.80. The van der Waals surface area contributed by atoms with Crippen LogP contribution in [-0.4, -0.2) is 151 Å². The summed E-state index contributed by atoms with van der Waals surface area (Å²) >= 11 is 0. The number of nitrogens with one attached hydrogen (secondary N) is 3. The number of fused-ring (bicyclic) bond motifs is 2. The van der Waals surface area contributed by atoms with E-state index in [1.54, 1.807) is 11.0 Å². The third-order valence-electron chi connectivity index (χ3n) is 13.4. The number of methoxy groups -OCH3 is 1. The van der Waals surface area contributed by atoms with Gasteiger partial charge in [-0.05, 0) is 55.5 Å². The molecule has 18 nitrogen and oxygen atoms in total. The Labute approximate surface area is 372 Å². The number of alkyl halides is 2. The summed E-state index contributed by atoms with van der Waals surface area (Å²) in [6.45, 7) is 2.88. The van der Waals surface area contributed by atoms with Crippen LogP contribution >= 0.6 is 0 Å². The summed E-state index contributed by atoms with van der Waals surface area (Å²) in [6, 6.07) is 6.61. The molecule has 6 amide bonds. The Hall–Kier alpha value is -6.51. The van der Waals surface area contributed by atoms with Gasteiger partial charge in [0.2, 0.25) is 23.7 Å². The monoisotopic (exact) mass is 901 g/mol. The molecule has 0 spiro atoms. The zero-order valence-electron chi connectivity index (χ0n) is 36.1. The number of halogens is 3. The van der Waals surface area contributed by atoms with Crippen LogP contribution in [0.1, 0.15) is 71.2 Å². The maximum Gasteiger partial charge on any atom is 0.342 e. The maximum absolute atomic E-state index is 15.7. The highest BCUT2D eigenvalue weighted by molar-refractivity contribution is 6.06. The summed E-state index contributed by atoms with van der Waals surface area (Å²) in [4.78, 5) is 95.3. The molecule has 5 aliphatic heterocycles. The second kappa shape index (κ2) is 17.5. The summed E-state index contributed by atoms with van der Waals surface area (Å²) in [7, 11) is 2.60. The Balaban J connectivity index is 0.778. The Bertz CT molecular complexity index is 2440. The quantitative estimate of drug-likeness (QED) is 0.252.